The van der Waals surface area contributed by atoms with Crippen molar-refractivity contribution in [3.63, 3.8) is 0 Å². The Hall–Kier alpha value is -3.58. The van der Waals surface area contributed by atoms with Gasteiger partial charge in [-0.15, -0.1) is 0 Å². The Labute approximate surface area is 199 Å². The number of methoxy groups -OCH3 is 1. The van der Waals surface area contributed by atoms with Gasteiger partial charge in [-0.1, -0.05) is 24.3 Å². The highest BCUT2D eigenvalue weighted by atomic mass is 19.1. The van der Waals surface area contributed by atoms with Crippen molar-refractivity contribution in [2.45, 2.75) is 25.4 Å². The number of carbonyl (C=O) groups excluding carboxylic acids is 1. The predicted octanol–water partition coefficient (Wildman–Crippen LogP) is 4.79. The molecule has 0 aromatic heterocycles. The topological polar surface area (TPSA) is 60.0 Å². The summed E-state index contributed by atoms with van der Waals surface area (Å²) in [6.45, 7) is 2.31. The fraction of sp³-hybridized carbons (Fsp3) is 0.296. The summed E-state index contributed by atoms with van der Waals surface area (Å²) in [5, 5.41) is 3.05. The number of amides is 1. The van der Waals surface area contributed by atoms with Gasteiger partial charge in [0.2, 0.25) is 0 Å². The summed E-state index contributed by atoms with van der Waals surface area (Å²) in [6.07, 6.45) is 1.69. The van der Waals surface area contributed by atoms with Gasteiger partial charge in [-0.3, -0.25) is 9.69 Å². The Kier molecular flexibility index (Phi) is 7.99. The van der Waals surface area contributed by atoms with Crippen LogP contribution in [0.1, 0.15) is 18.4 Å². The average Bonchev–Trinajstić information content (AvgIpc) is 2.86. The summed E-state index contributed by atoms with van der Waals surface area (Å²) in [5.41, 5.74) is 0.911. The fourth-order valence-electron chi connectivity index (χ4n) is 3.95. The normalized spacial score (nSPS) is 14.4. The second kappa shape index (κ2) is 11.5. The largest absolute Gasteiger partial charge is 0.494 e. The maximum absolute atomic E-state index is 13.9. The Morgan fingerprint density at radius 1 is 0.971 bits per heavy atom. The summed E-state index contributed by atoms with van der Waals surface area (Å²) < 4.78 is 30.3. The second-order valence-corrected chi connectivity index (χ2v) is 8.26. The number of ether oxygens (including phenoxy) is 3. The van der Waals surface area contributed by atoms with Crippen molar-refractivity contribution in [2.24, 2.45) is 0 Å². The lowest BCUT2D eigenvalue weighted by Crippen LogP contribution is -2.45. The van der Waals surface area contributed by atoms with Gasteiger partial charge in [0.15, 0.2) is 18.2 Å². The quantitative estimate of drug-likeness (QED) is 0.494. The molecule has 3 aromatic carbocycles. The van der Waals surface area contributed by atoms with Gasteiger partial charge in [0.05, 0.1) is 7.11 Å². The van der Waals surface area contributed by atoms with Gasteiger partial charge in [0.25, 0.3) is 5.91 Å². The first-order valence-corrected chi connectivity index (χ1v) is 11.4. The van der Waals surface area contributed by atoms with Gasteiger partial charge in [-0.25, -0.2) is 4.39 Å². The lowest BCUT2D eigenvalue weighted by molar-refractivity contribution is -0.124. The highest BCUT2D eigenvalue weighted by Crippen LogP contribution is 2.24. The molecule has 0 aliphatic carbocycles. The minimum atomic E-state index is -0.347. The Morgan fingerprint density at radius 3 is 2.32 bits per heavy atom. The summed E-state index contributed by atoms with van der Waals surface area (Å²) in [7, 11) is 1.46. The molecule has 1 saturated heterocycles. The van der Waals surface area contributed by atoms with E-state index in [4.69, 9.17) is 14.2 Å². The van der Waals surface area contributed by atoms with Gasteiger partial charge in [0, 0.05) is 25.7 Å². The molecular weight excluding hydrogens is 435 g/mol. The van der Waals surface area contributed by atoms with E-state index < -0.39 is 0 Å². The number of rotatable bonds is 9. The van der Waals surface area contributed by atoms with Crippen molar-refractivity contribution in [3.8, 4) is 23.0 Å². The number of likely N-dealkylation sites (tertiary alicyclic amines) is 1. The van der Waals surface area contributed by atoms with Crippen LogP contribution in [0.5, 0.6) is 23.0 Å². The molecule has 34 heavy (non-hydrogen) atoms. The number of para-hydroxylation sites is 1. The molecule has 1 aliphatic heterocycles. The summed E-state index contributed by atoms with van der Waals surface area (Å²) in [4.78, 5) is 14.6. The molecule has 178 valence electrons. The molecule has 0 bridgehead atoms. The molecule has 4 rings (SSSR count). The number of halogens is 1. The summed E-state index contributed by atoms with van der Waals surface area (Å²) in [6, 6.07) is 21.9. The molecule has 6 nitrogen and oxygen atoms in total. The number of benzene rings is 3. The van der Waals surface area contributed by atoms with Gasteiger partial charge < -0.3 is 19.5 Å². The molecule has 0 unspecified atom stereocenters. The third kappa shape index (κ3) is 6.71. The van der Waals surface area contributed by atoms with Crippen LogP contribution in [0, 0.1) is 5.82 Å². The first-order valence-electron chi connectivity index (χ1n) is 11.4. The first-order chi connectivity index (χ1) is 16.6. The van der Waals surface area contributed by atoms with E-state index in [9.17, 15) is 9.18 Å². The van der Waals surface area contributed by atoms with E-state index in [0.29, 0.717) is 18.0 Å². The highest BCUT2D eigenvalue weighted by molar-refractivity contribution is 5.77. The standard InChI is InChI=1S/C27H29FN2O4/c1-32-26-12-7-20(17-25(26)28)18-30-15-13-21(14-16-30)29-27(31)19-33-22-8-10-24(11-9-22)34-23-5-3-2-4-6-23/h2-12,17,21H,13-16,18-19H2,1H3,(H,29,31). The van der Waals surface area contributed by atoms with Crippen molar-refractivity contribution in [3.05, 3.63) is 84.2 Å². The van der Waals surface area contributed by atoms with Crippen LogP contribution in [0.2, 0.25) is 0 Å². The highest BCUT2D eigenvalue weighted by Gasteiger charge is 2.21. The SMILES string of the molecule is COc1ccc(CN2CCC(NC(=O)COc3ccc(Oc4ccccc4)cc3)CC2)cc1F. The number of carbonyl (C=O) groups is 1. The van der Waals surface area contributed by atoms with Crippen molar-refractivity contribution in [2.75, 3.05) is 26.8 Å². The smallest absolute Gasteiger partial charge is 0.258 e. The molecule has 1 aliphatic rings. The lowest BCUT2D eigenvalue weighted by atomic mass is 10.0. The second-order valence-electron chi connectivity index (χ2n) is 8.26. The fourth-order valence-corrected chi connectivity index (χ4v) is 3.95. The predicted molar refractivity (Wildman–Crippen MR) is 128 cm³/mol. The average molecular weight is 465 g/mol. The van der Waals surface area contributed by atoms with Crippen LogP contribution >= 0.6 is 0 Å². The van der Waals surface area contributed by atoms with Gasteiger partial charge in [-0.2, -0.15) is 0 Å². The van der Waals surface area contributed by atoms with E-state index >= 15 is 0 Å². The molecule has 0 spiro atoms. The lowest BCUT2D eigenvalue weighted by Gasteiger charge is -2.32. The van der Waals surface area contributed by atoms with Gasteiger partial charge >= 0.3 is 0 Å². The molecule has 0 atom stereocenters. The van der Waals surface area contributed by atoms with Crippen LogP contribution in [0.25, 0.3) is 0 Å². The zero-order valence-corrected chi connectivity index (χ0v) is 19.2. The van der Waals surface area contributed by atoms with Crippen LogP contribution in [-0.2, 0) is 11.3 Å². The minimum Gasteiger partial charge on any atom is -0.494 e. The third-order valence-corrected chi connectivity index (χ3v) is 5.75. The van der Waals surface area contributed by atoms with E-state index in [1.165, 1.54) is 13.2 Å². The number of nitrogens with zero attached hydrogens (tertiary/aromatic N) is 1. The summed E-state index contributed by atoms with van der Waals surface area (Å²) >= 11 is 0. The Bertz CT molecular complexity index is 1070. The van der Waals surface area contributed by atoms with Crippen LogP contribution in [0.4, 0.5) is 4.39 Å². The maximum atomic E-state index is 13.9. The van der Waals surface area contributed by atoms with Crippen LogP contribution in [-0.4, -0.2) is 43.7 Å². The number of nitrogens with one attached hydrogen (secondary N) is 1. The molecule has 1 heterocycles. The monoisotopic (exact) mass is 464 g/mol. The molecule has 3 aromatic rings. The van der Waals surface area contributed by atoms with E-state index in [2.05, 4.69) is 10.2 Å². The van der Waals surface area contributed by atoms with Crippen molar-refractivity contribution < 1.29 is 23.4 Å². The Morgan fingerprint density at radius 2 is 1.65 bits per heavy atom. The maximum Gasteiger partial charge on any atom is 0.258 e. The molecule has 1 fully saturated rings. The zero-order valence-electron chi connectivity index (χ0n) is 19.2. The molecular formula is C27H29FN2O4. The molecule has 1 amide bonds. The number of piperidine rings is 1. The molecule has 0 saturated carbocycles. The van der Waals surface area contributed by atoms with Gasteiger partial charge in [-0.05, 0) is 66.9 Å². The van der Waals surface area contributed by atoms with E-state index in [1.54, 1.807) is 18.2 Å². The van der Waals surface area contributed by atoms with Gasteiger partial charge in [0.1, 0.15) is 17.2 Å². The van der Waals surface area contributed by atoms with E-state index in [-0.39, 0.29) is 30.1 Å². The van der Waals surface area contributed by atoms with Crippen molar-refractivity contribution >= 4 is 5.91 Å². The van der Waals surface area contributed by atoms with Crippen LogP contribution in [0.15, 0.2) is 72.8 Å². The number of hydrogen-bond donors (Lipinski definition) is 1. The summed E-state index contributed by atoms with van der Waals surface area (Å²) in [5.74, 6) is 1.84. The van der Waals surface area contributed by atoms with E-state index in [0.717, 1.165) is 37.2 Å². The molecule has 1 N–H and O–H groups in total. The number of hydrogen-bond acceptors (Lipinski definition) is 5. The molecule has 7 heteroatoms. The first kappa shape index (κ1) is 23.6. The third-order valence-electron chi connectivity index (χ3n) is 5.75. The zero-order chi connectivity index (χ0) is 23.8. The molecule has 0 radical (unpaired) electrons. The van der Waals surface area contributed by atoms with Crippen LogP contribution in [0.3, 0.4) is 0 Å². The minimum absolute atomic E-state index is 0.0375. The van der Waals surface area contributed by atoms with Crippen LogP contribution < -0.4 is 19.5 Å². The van der Waals surface area contributed by atoms with Crippen molar-refractivity contribution in [1.82, 2.24) is 10.2 Å². The van der Waals surface area contributed by atoms with E-state index in [1.807, 2.05) is 48.5 Å². The van der Waals surface area contributed by atoms with Crippen molar-refractivity contribution in [1.29, 1.82) is 0 Å². The Balaban J connectivity index is 1.16.